The first-order valence-electron chi connectivity index (χ1n) is 10.2. The zero-order valence-electron chi connectivity index (χ0n) is 16.8. The van der Waals surface area contributed by atoms with Crippen LogP contribution in [0.2, 0.25) is 0 Å². The second-order valence-corrected chi connectivity index (χ2v) is 7.07. The summed E-state index contributed by atoms with van der Waals surface area (Å²) in [5.41, 5.74) is 0.321. The summed E-state index contributed by atoms with van der Waals surface area (Å²) in [5, 5.41) is 14.9. The van der Waals surface area contributed by atoms with E-state index in [0.717, 1.165) is 64.0 Å². The van der Waals surface area contributed by atoms with Crippen LogP contribution in [0.4, 0.5) is 0 Å². The fraction of sp³-hybridized carbons (Fsp3) is 0.842. The smallest absolute Gasteiger partial charge is 0.191 e. The highest BCUT2D eigenvalue weighted by Gasteiger charge is 2.33. The van der Waals surface area contributed by atoms with E-state index in [1.54, 1.807) is 6.33 Å². The average molecular weight is 365 g/mol. The van der Waals surface area contributed by atoms with Crippen LogP contribution in [-0.2, 0) is 17.7 Å². The van der Waals surface area contributed by atoms with Gasteiger partial charge in [0.25, 0.3) is 0 Å². The van der Waals surface area contributed by atoms with Gasteiger partial charge in [0, 0.05) is 45.8 Å². The highest BCUT2D eigenvalue weighted by atomic mass is 16.5. The third-order valence-corrected chi connectivity index (χ3v) is 5.22. The molecule has 0 aliphatic heterocycles. The molecule has 1 aromatic heterocycles. The molecule has 7 nitrogen and oxygen atoms in total. The number of aryl methyl sites for hydroxylation is 1. The van der Waals surface area contributed by atoms with E-state index in [1.165, 1.54) is 25.7 Å². The second-order valence-electron chi connectivity index (χ2n) is 7.07. The molecule has 1 fully saturated rings. The number of nitrogens with one attached hydrogen (secondary N) is 2. The molecule has 0 atom stereocenters. The van der Waals surface area contributed by atoms with Crippen molar-refractivity contribution in [3.63, 3.8) is 0 Å². The maximum absolute atomic E-state index is 5.61. The number of rotatable bonds is 11. The lowest BCUT2D eigenvalue weighted by Crippen LogP contribution is -2.40. The van der Waals surface area contributed by atoms with Crippen LogP contribution in [0, 0.1) is 5.41 Å². The average Bonchev–Trinajstić information content (AvgIpc) is 3.29. The van der Waals surface area contributed by atoms with Crippen molar-refractivity contribution in [2.24, 2.45) is 10.4 Å². The van der Waals surface area contributed by atoms with Crippen LogP contribution in [-0.4, -0.2) is 53.6 Å². The molecule has 1 heterocycles. The molecule has 26 heavy (non-hydrogen) atoms. The molecule has 0 bridgehead atoms. The first-order chi connectivity index (χ1) is 12.7. The molecule has 0 saturated heterocycles. The summed E-state index contributed by atoms with van der Waals surface area (Å²) in [5.74, 6) is 1.93. The quantitative estimate of drug-likeness (QED) is 0.358. The topological polar surface area (TPSA) is 76.4 Å². The third-order valence-electron chi connectivity index (χ3n) is 5.22. The monoisotopic (exact) mass is 364 g/mol. The predicted molar refractivity (Wildman–Crippen MR) is 105 cm³/mol. The minimum atomic E-state index is 0.321. The molecule has 1 aliphatic carbocycles. The summed E-state index contributed by atoms with van der Waals surface area (Å²) < 4.78 is 7.70. The second kappa shape index (κ2) is 11.2. The fourth-order valence-corrected chi connectivity index (χ4v) is 3.67. The fourth-order valence-electron chi connectivity index (χ4n) is 3.67. The van der Waals surface area contributed by atoms with Gasteiger partial charge in [0.15, 0.2) is 5.96 Å². The van der Waals surface area contributed by atoms with Crippen LogP contribution >= 0.6 is 0 Å². The van der Waals surface area contributed by atoms with Crippen molar-refractivity contribution in [2.45, 2.75) is 65.8 Å². The summed E-state index contributed by atoms with van der Waals surface area (Å²) in [4.78, 5) is 4.91. The first kappa shape index (κ1) is 20.7. The zero-order valence-corrected chi connectivity index (χ0v) is 16.8. The van der Waals surface area contributed by atoms with E-state index in [4.69, 9.17) is 9.73 Å². The van der Waals surface area contributed by atoms with Gasteiger partial charge < -0.3 is 19.9 Å². The SMILES string of the molecule is CCNC(=NCC1(CCOCC)CCCC1)NCCn1cnnc1CC. The molecule has 1 aromatic rings. The number of guanidine groups is 1. The zero-order chi connectivity index (χ0) is 18.7. The Balaban J connectivity index is 1.87. The van der Waals surface area contributed by atoms with Crippen molar-refractivity contribution in [2.75, 3.05) is 32.8 Å². The van der Waals surface area contributed by atoms with Gasteiger partial charge >= 0.3 is 0 Å². The first-order valence-corrected chi connectivity index (χ1v) is 10.2. The number of aromatic nitrogens is 3. The van der Waals surface area contributed by atoms with Gasteiger partial charge in [0.05, 0.1) is 0 Å². The Morgan fingerprint density at radius 1 is 1.27 bits per heavy atom. The lowest BCUT2D eigenvalue weighted by molar-refractivity contribution is 0.107. The third kappa shape index (κ3) is 6.27. The van der Waals surface area contributed by atoms with E-state index in [1.807, 2.05) is 0 Å². The minimum Gasteiger partial charge on any atom is -0.382 e. The number of hydrogen-bond acceptors (Lipinski definition) is 4. The van der Waals surface area contributed by atoms with Gasteiger partial charge in [-0.15, -0.1) is 10.2 Å². The summed E-state index contributed by atoms with van der Waals surface area (Å²) in [6.07, 6.45) is 8.98. The maximum atomic E-state index is 5.61. The molecular formula is C19H36N6O. The Bertz CT molecular complexity index is 536. The molecule has 1 saturated carbocycles. The van der Waals surface area contributed by atoms with Crippen molar-refractivity contribution in [1.29, 1.82) is 0 Å². The van der Waals surface area contributed by atoms with Gasteiger partial charge in [-0.1, -0.05) is 19.8 Å². The van der Waals surface area contributed by atoms with Gasteiger partial charge in [0.1, 0.15) is 12.2 Å². The highest BCUT2D eigenvalue weighted by molar-refractivity contribution is 5.79. The van der Waals surface area contributed by atoms with E-state index in [0.29, 0.717) is 5.41 Å². The van der Waals surface area contributed by atoms with E-state index >= 15 is 0 Å². The van der Waals surface area contributed by atoms with Crippen LogP contribution in [0.25, 0.3) is 0 Å². The van der Waals surface area contributed by atoms with E-state index in [-0.39, 0.29) is 0 Å². The summed E-state index contributed by atoms with van der Waals surface area (Å²) in [7, 11) is 0. The standard InChI is InChI=1S/C19H36N6O/c1-4-17-24-23-16-25(17)13-12-21-18(20-5-2)22-15-19(9-7-8-10-19)11-14-26-6-3/h16H,4-15H2,1-3H3,(H2,20,21,22). The molecular weight excluding hydrogens is 328 g/mol. The Morgan fingerprint density at radius 2 is 2.08 bits per heavy atom. The Hall–Kier alpha value is -1.63. The van der Waals surface area contributed by atoms with Crippen LogP contribution < -0.4 is 10.6 Å². The lowest BCUT2D eigenvalue weighted by atomic mass is 9.83. The Labute approximate surface area is 158 Å². The molecule has 7 heteroatoms. The van der Waals surface area contributed by atoms with Crippen molar-refractivity contribution in [1.82, 2.24) is 25.4 Å². The van der Waals surface area contributed by atoms with E-state index < -0.39 is 0 Å². The van der Waals surface area contributed by atoms with Crippen LogP contribution in [0.3, 0.4) is 0 Å². The molecule has 0 radical (unpaired) electrons. The van der Waals surface area contributed by atoms with Crippen molar-refractivity contribution >= 4 is 5.96 Å². The van der Waals surface area contributed by atoms with Gasteiger partial charge in [0.2, 0.25) is 0 Å². The van der Waals surface area contributed by atoms with Crippen molar-refractivity contribution < 1.29 is 4.74 Å². The van der Waals surface area contributed by atoms with Crippen molar-refractivity contribution in [3.05, 3.63) is 12.2 Å². The number of hydrogen-bond donors (Lipinski definition) is 2. The Morgan fingerprint density at radius 3 is 2.77 bits per heavy atom. The van der Waals surface area contributed by atoms with Crippen LogP contribution in [0.15, 0.2) is 11.3 Å². The number of nitrogens with zero attached hydrogens (tertiary/aromatic N) is 4. The number of aliphatic imine (C=N–C) groups is 1. The van der Waals surface area contributed by atoms with E-state index in [9.17, 15) is 0 Å². The lowest BCUT2D eigenvalue weighted by Gasteiger charge is -2.27. The summed E-state index contributed by atoms with van der Waals surface area (Å²) in [6.45, 7) is 11.3. The van der Waals surface area contributed by atoms with Gasteiger partial charge in [-0.05, 0) is 38.5 Å². The molecule has 0 amide bonds. The summed E-state index contributed by atoms with van der Waals surface area (Å²) >= 11 is 0. The molecule has 148 valence electrons. The van der Waals surface area contributed by atoms with Crippen LogP contribution in [0.1, 0.15) is 58.7 Å². The van der Waals surface area contributed by atoms with Crippen LogP contribution in [0.5, 0.6) is 0 Å². The number of ether oxygens (including phenoxy) is 1. The van der Waals surface area contributed by atoms with Crippen molar-refractivity contribution in [3.8, 4) is 0 Å². The van der Waals surface area contributed by atoms with Gasteiger partial charge in [-0.2, -0.15) is 0 Å². The predicted octanol–water partition coefficient (Wildman–Crippen LogP) is 2.38. The maximum Gasteiger partial charge on any atom is 0.191 e. The molecule has 2 rings (SSSR count). The molecule has 1 aliphatic rings. The van der Waals surface area contributed by atoms with E-state index in [2.05, 4.69) is 46.2 Å². The molecule has 0 aromatic carbocycles. The molecule has 0 unspecified atom stereocenters. The minimum absolute atomic E-state index is 0.321. The highest BCUT2D eigenvalue weighted by Crippen LogP contribution is 2.41. The normalized spacial score (nSPS) is 16.8. The Kier molecular flexibility index (Phi) is 8.88. The van der Waals surface area contributed by atoms with Gasteiger partial charge in [-0.25, -0.2) is 0 Å². The molecule has 0 spiro atoms. The summed E-state index contributed by atoms with van der Waals surface area (Å²) in [6, 6.07) is 0. The van der Waals surface area contributed by atoms with Gasteiger partial charge in [-0.3, -0.25) is 4.99 Å². The largest absolute Gasteiger partial charge is 0.382 e. The molecule has 2 N–H and O–H groups in total.